The minimum atomic E-state index is -0.594. The minimum Gasteiger partial charge on any atom is -0.457 e. The van der Waals surface area contributed by atoms with Crippen molar-refractivity contribution in [2.75, 3.05) is 0 Å². The molecule has 0 saturated heterocycles. The van der Waals surface area contributed by atoms with Crippen LogP contribution < -0.4 is 4.74 Å². The van der Waals surface area contributed by atoms with Gasteiger partial charge in [0.25, 0.3) is 0 Å². The van der Waals surface area contributed by atoms with E-state index in [0.717, 1.165) is 60.9 Å². The zero-order valence-corrected chi connectivity index (χ0v) is 29.2. The standard InChI is InChI=1S/C49H28N2OS/c1-2-13-31-27-33(22-21-29(31)11-1)48-50-45(47-46(51-48)36-15-5-10-20-43(36)53-47)32-23-25-35-40(28-32)49(39-26-24-30-12-3-4-14-34(30)44(35)39)37-16-6-8-18-41(37)52-42-19-9-7-17-38(42)49/h1-28H. The summed E-state index contributed by atoms with van der Waals surface area (Å²) in [4.78, 5) is 10.8. The highest BCUT2D eigenvalue weighted by atomic mass is 32.1. The van der Waals surface area contributed by atoms with Crippen molar-refractivity contribution in [1.82, 2.24) is 9.97 Å². The van der Waals surface area contributed by atoms with Crippen molar-refractivity contribution in [1.29, 1.82) is 0 Å². The molecule has 3 nitrogen and oxygen atoms in total. The average molecular weight is 693 g/mol. The van der Waals surface area contributed by atoms with Crippen molar-refractivity contribution in [3.63, 3.8) is 0 Å². The van der Waals surface area contributed by atoms with Gasteiger partial charge in [-0.25, -0.2) is 9.97 Å². The Morgan fingerprint density at radius 2 is 1.13 bits per heavy atom. The molecule has 0 bridgehead atoms. The van der Waals surface area contributed by atoms with Gasteiger partial charge in [0.15, 0.2) is 5.82 Å². The van der Waals surface area contributed by atoms with Crippen LogP contribution in [0.1, 0.15) is 22.3 Å². The van der Waals surface area contributed by atoms with Gasteiger partial charge in [-0.3, -0.25) is 0 Å². The first-order valence-electron chi connectivity index (χ1n) is 18.0. The second kappa shape index (κ2) is 10.7. The molecule has 1 aliphatic heterocycles. The number of aromatic nitrogens is 2. The van der Waals surface area contributed by atoms with Crippen molar-refractivity contribution in [3.8, 4) is 45.3 Å². The van der Waals surface area contributed by atoms with E-state index in [1.165, 1.54) is 48.5 Å². The SMILES string of the molecule is c1ccc2c(c1)Oc1ccccc1C21c2cc(-c3nc(-c4ccc5ccccc5c4)nc4c3sc3ccccc34)ccc2-c2c1ccc1ccccc21. The zero-order valence-electron chi connectivity index (χ0n) is 28.4. The third-order valence-electron chi connectivity index (χ3n) is 11.3. The Bertz CT molecular complexity index is 3130. The van der Waals surface area contributed by atoms with Crippen LogP contribution in [0, 0.1) is 0 Å². The number of ether oxygens (including phenoxy) is 1. The molecule has 0 N–H and O–H groups in total. The van der Waals surface area contributed by atoms with Gasteiger partial charge in [-0.05, 0) is 74.1 Å². The molecule has 0 atom stereocenters. The molecule has 8 aromatic carbocycles. The predicted octanol–water partition coefficient (Wildman–Crippen LogP) is 13.0. The van der Waals surface area contributed by atoms with E-state index >= 15 is 0 Å². The van der Waals surface area contributed by atoms with E-state index in [0.29, 0.717) is 0 Å². The van der Waals surface area contributed by atoms with E-state index in [2.05, 4.69) is 170 Å². The van der Waals surface area contributed by atoms with E-state index in [1.807, 2.05) is 0 Å². The molecular formula is C49H28N2OS. The first kappa shape index (κ1) is 29.0. The second-order valence-electron chi connectivity index (χ2n) is 14.0. The third-order valence-corrected chi connectivity index (χ3v) is 12.5. The van der Waals surface area contributed by atoms with Crippen LogP contribution in [0.5, 0.6) is 11.5 Å². The van der Waals surface area contributed by atoms with Crippen LogP contribution in [0.4, 0.5) is 0 Å². The second-order valence-corrected chi connectivity index (χ2v) is 15.1. The summed E-state index contributed by atoms with van der Waals surface area (Å²) in [5, 5.41) is 6.01. The van der Waals surface area contributed by atoms with Gasteiger partial charge < -0.3 is 4.74 Å². The van der Waals surface area contributed by atoms with Crippen LogP contribution in [0.3, 0.4) is 0 Å². The highest BCUT2D eigenvalue weighted by Gasteiger charge is 2.51. The maximum Gasteiger partial charge on any atom is 0.160 e. The molecule has 0 saturated carbocycles. The third kappa shape index (κ3) is 3.93. The van der Waals surface area contributed by atoms with E-state index in [4.69, 9.17) is 14.7 Å². The topological polar surface area (TPSA) is 35.0 Å². The summed E-state index contributed by atoms with van der Waals surface area (Å²) in [6, 6.07) is 61.1. The molecule has 12 rings (SSSR count). The van der Waals surface area contributed by atoms with Crippen LogP contribution in [-0.4, -0.2) is 9.97 Å². The predicted molar refractivity (Wildman–Crippen MR) is 218 cm³/mol. The molecule has 2 aliphatic rings. The molecule has 1 spiro atoms. The van der Waals surface area contributed by atoms with Gasteiger partial charge in [-0.1, -0.05) is 140 Å². The van der Waals surface area contributed by atoms with Gasteiger partial charge in [0.2, 0.25) is 0 Å². The Kier molecular flexibility index (Phi) is 5.86. The van der Waals surface area contributed by atoms with Crippen LogP contribution in [0.15, 0.2) is 170 Å². The maximum absolute atomic E-state index is 6.66. The van der Waals surface area contributed by atoms with E-state index in [-0.39, 0.29) is 0 Å². The number of para-hydroxylation sites is 2. The molecular weight excluding hydrogens is 665 g/mol. The summed E-state index contributed by atoms with van der Waals surface area (Å²) in [7, 11) is 0. The molecule has 4 heteroatoms. The highest BCUT2D eigenvalue weighted by Crippen LogP contribution is 2.63. The molecule has 10 aromatic rings. The first-order valence-corrected chi connectivity index (χ1v) is 18.8. The van der Waals surface area contributed by atoms with Gasteiger partial charge in [0.05, 0.1) is 21.3 Å². The number of thiophene rings is 1. The van der Waals surface area contributed by atoms with Crippen LogP contribution in [0.25, 0.3) is 75.6 Å². The van der Waals surface area contributed by atoms with Crippen LogP contribution in [-0.2, 0) is 5.41 Å². The normalized spacial score (nSPS) is 13.6. The number of benzene rings is 8. The summed E-state index contributed by atoms with van der Waals surface area (Å²) in [6.07, 6.45) is 0. The lowest BCUT2D eigenvalue weighted by Crippen LogP contribution is -2.32. The molecule has 1 aliphatic carbocycles. The van der Waals surface area contributed by atoms with E-state index in [9.17, 15) is 0 Å². The number of hydrogen-bond donors (Lipinski definition) is 0. The lowest BCUT2D eigenvalue weighted by molar-refractivity contribution is 0.436. The van der Waals surface area contributed by atoms with Gasteiger partial charge in [0.1, 0.15) is 11.5 Å². The Hall–Kier alpha value is -6.62. The molecule has 0 fully saturated rings. The van der Waals surface area contributed by atoms with Gasteiger partial charge in [-0.2, -0.15) is 0 Å². The minimum absolute atomic E-state index is 0.594. The fraction of sp³-hybridized carbons (Fsp3) is 0.0204. The molecule has 2 aromatic heterocycles. The Labute approximate surface area is 309 Å². The van der Waals surface area contributed by atoms with Gasteiger partial charge in [-0.15, -0.1) is 11.3 Å². The summed E-state index contributed by atoms with van der Waals surface area (Å²) < 4.78 is 8.97. The lowest BCUT2D eigenvalue weighted by Gasteiger charge is -2.39. The number of nitrogens with zero attached hydrogens (tertiary/aromatic N) is 2. The molecule has 0 radical (unpaired) electrons. The van der Waals surface area contributed by atoms with Crippen molar-refractivity contribution in [2.45, 2.75) is 5.41 Å². The molecule has 0 unspecified atom stereocenters. The van der Waals surface area contributed by atoms with Crippen molar-refractivity contribution in [3.05, 3.63) is 192 Å². The van der Waals surface area contributed by atoms with Crippen LogP contribution >= 0.6 is 11.3 Å². The Balaban J connectivity index is 1.19. The fourth-order valence-corrected chi connectivity index (χ4v) is 10.2. The van der Waals surface area contributed by atoms with E-state index in [1.54, 1.807) is 11.3 Å². The molecule has 3 heterocycles. The lowest BCUT2D eigenvalue weighted by atomic mass is 9.66. The number of fused-ring (bicyclic) bond motifs is 15. The first-order chi connectivity index (χ1) is 26.3. The smallest absolute Gasteiger partial charge is 0.160 e. The number of rotatable bonds is 2. The summed E-state index contributed by atoms with van der Waals surface area (Å²) in [6.45, 7) is 0. The zero-order chi connectivity index (χ0) is 34.7. The average Bonchev–Trinajstić information content (AvgIpc) is 3.74. The fourth-order valence-electron chi connectivity index (χ4n) is 9.06. The summed E-state index contributed by atoms with van der Waals surface area (Å²) >= 11 is 1.77. The maximum atomic E-state index is 6.66. The van der Waals surface area contributed by atoms with E-state index < -0.39 is 5.41 Å². The molecule has 246 valence electrons. The Morgan fingerprint density at radius 1 is 0.472 bits per heavy atom. The van der Waals surface area contributed by atoms with Crippen molar-refractivity contribution >= 4 is 53.2 Å². The largest absolute Gasteiger partial charge is 0.457 e. The highest BCUT2D eigenvalue weighted by molar-refractivity contribution is 7.26. The van der Waals surface area contributed by atoms with Crippen molar-refractivity contribution in [2.24, 2.45) is 0 Å². The summed E-state index contributed by atoms with van der Waals surface area (Å²) in [5.74, 6) is 2.50. The molecule has 53 heavy (non-hydrogen) atoms. The monoisotopic (exact) mass is 692 g/mol. The van der Waals surface area contributed by atoms with Gasteiger partial charge in [0, 0.05) is 32.3 Å². The van der Waals surface area contributed by atoms with Crippen LogP contribution in [0.2, 0.25) is 0 Å². The van der Waals surface area contributed by atoms with Gasteiger partial charge >= 0.3 is 0 Å². The molecule has 0 amide bonds. The summed E-state index contributed by atoms with van der Waals surface area (Å²) in [5.41, 5.74) is 10.8. The quantitative estimate of drug-likeness (QED) is 0.181. The van der Waals surface area contributed by atoms with Crippen molar-refractivity contribution < 1.29 is 4.74 Å². The Morgan fingerprint density at radius 3 is 1.96 bits per heavy atom. The number of hydrogen-bond acceptors (Lipinski definition) is 4.